The lowest BCUT2D eigenvalue weighted by molar-refractivity contribution is 0.730. The maximum absolute atomic E-state index is 7.72. The SMILES string of the molecule is Cc1csc(=N)n1Cc1ccc(Cl)nc1. The van der Waals surface area contributed by atoms with E-state index in [-0.39, 0.29) is 0 Å². The van der Waals surface area contributed by atoms with Crippen LogP contribution in [0, 0.1) is 12.3 Å². The van der Waals surface area contributed by atoms with Crippen molar-refractivity contribution in [1.82, 2.24) is 9.55 Å². The fourth-order valence-corrected chi connectivity index (χ4v) is 2.16. The van der Waals surface area contributed by atoms with Gasteiger partial charge in [0.1, 0.15) is 5.15 Å². The van der Waals surface area contributed by atoms with E-state index in [1.54, 1.807) is 12.3 Å². The summed E-state index contributed by atoms with van der Waals surface area (Å²) >= 11 is 7.14. The summed E-state index contributed by atoms with van der Waals surface area (Å²) in [5, 5.41) is 10.2. The van der Waals surface area contributed by atoms with Crippen molar-refractivity contribution >= 4 is 22.9 Å². The molecule has 5 heteroatoms. The third-order valence-corrected chi connectivity index (χ3v) is 3.27. The molecule has 0 saturated heterocycles. The Bertz CT molecular complexity index is 512. The molecular weight excluding hydrogens is 230 g/mol. The van der Waals surface area contributed by atoms with Gasteiger partial charge in [-0.1, -0.05) is 17.7 Å². The van der Waals surface area contributed by atoms with Gasteiger partial charge >= 0.3 is 0 Å². The highest BCUT2D eigenvalue weighted by Crippen LogP contribution is 2.08. The van der Waals surface area contributed by atoms with Crippen LogP contribution in [0.25, 0.3) is 0 Å². The molecule has 0 unspecified atom stereocenters. The van der Waals surface area contributed by atoms with Crippen LogP contribution in [0.5, 0.6) is 0 Å². The molecule has 0 fully saturated rings. The topological polar surface area (TPSA) is 41.7 Å². The number of hydrogen-bond acceptors (Lipinski definition) is 3. The van der Waals surface area contributed by atoms with E-state index < -0.39 is 0 Å². The summed E-state index contributed by atoms with van der Waals surface area (Å²) in [6, 6.07) is 3.70. The summed E-state index contributed by atoms with van der Waals surface area (Å²) in [7, 11) is 0. The van der Waals surface area contributed by atoms with E-state index >= 15 is 0 Å². The predicted molar refractivity (Wildman–Crippen MR) is 61.2 cm³/mol. The largest absolute Gasteiger partial charge is 0.317 e. The van der Waals surface area contributed by atoms with E-state index in [4.69, 9.17) is 17.0 Å². The summed E-state index contributed by atoms with van der Waals surface area (Å²) in [6.45, 7) is 2.68. The van der Waals surface area contributed by atoms with Crippen molar-refractivity contribution in [1.29, 1.82) is 5.41 Å². The van der Waals surface area contributed by atoms with Gasteiger partial charge in [0.05, 0.1) is 6.54 Å². The molecule has 0 saturated carbocycles. The molecule has 2 rings (SSSR count). The van der Waals surface area contributed by atoms with Gasteiger partial charge in [0.2, 0.25) is 0 Å². The van der Waals surface area contributed by atoms with Gasteiger partial charge in [-0.3, -0.25) is 5.41 Å². The molecule has 2 heterocycles. The number of aromatic nitrogens is 2. The molecule has 0 radical (unpaired) electrons. The molecule has 0 aromatic carbocycles. The van der Waals surface area contributed by atoms with Crippen LogP contribution in [0.1, 0.15) is 11.3 Å². The van der Waals surface area contributed by atoms with E-state index in [9.17, 15) is 0 Å². The zero-order valence-corrected chi connectivity index (χ0v) is 9.77. The Hall–Kier alpha value is -1.13. The number of pyridine rings is 1. The van der Waals surface area contributed by atoms with E-state index in [0.717, 1.165) is 11.3 Å². The molecule has 0 aliphatic rings. The first-order valence-corrected chi connectivity index (χ1v) is 5.72. The number of nitrogens with one attached hydrogen (secondary N) is 1. The zero-order valence-electron chi connectivity index (χ0n) is 8.20. The van der Waals surface area contributed by atoms with Gasteiger partial charge < -0.3 is 4.57 Å². The molecule has 0 aliphatic heterocycles. The average Bonchev–Trinajstić information content (AvgIpc) is 2.53. The van der Waals surface area contributed by atoms with Gasteiger partial charge in [0.15, 0.2) is 4.80 Å². The van der Waals surface area contributed by atoms with Crippen molar-refractivity contribution in [3.63, 3.8) is 0 Å². The van der Waals surface area contributed by atoms with Crippen molar-refractivity contribution in [2.75, 3.05) is 0 Å². The van der Waals surface area contributed by atoms with Gasteiger partial charge in [-0.05, 0) is 18.6 Å². The highest BCUT2D eigenvalue weighted by atomic mass is 35.5. The number of rotatable bonds is 2. The zero-order chi connectivity index (χ0) is 10.8. The van der Waals surface area contributed by atoms with E-state index in [1.165, 1.54) is 11.3 Å². The Labute approximate surface area is 96.5 Å². The van der Waals surface area contributed by atoms with Crippen LogP contribution < -0.4 is 4.80 Å². The van der Waals surface area contributed by atoms with Crippen LogP contribution >= 0.6 is 22.9 Å². The normalized spacial score (nSPS) is 10.5. The minimum absolute atomic E-state index is 0.497. The Morgan fingerprint density at radius 1 is 1.53 bits per heavy atom. The van der Waals surface area contributed by atoms with Crippen LogP contribution in [0.4, 0.5) is 0 Å². The molecule has 0 spiro atoms. The molecule has 2 aromatic rings. The minimum Gasteiger partial charge on any atom is -0.317 e. The van der Waals surface area contributed by atoms with Gasteiger partial charge in [-0.2, -0.15) is 0 Å². The molecule has 15 heavy (non-hydrogen) atoms. The van der Waals surface area contributed by atoms with Gasteiger partial charge in [-0.15, -0.1) is 11.3 Å². The highest BCUT2D eigenvalue weighted by Gasteiger charge is 2.01. The number of halogens is 1. The average molecular weight is 240 g/mol. The quantitative estimate of drug-likeness (QED) is 0.804. The molecular formula is C10H10ClN3S. The van der Waals surface area contributed by atoms with Crippen LogP contribution in [0.3, 0.4) is 0 Å². The summed E-state index contributed by atoms with van der Waals surface area (Å²) in [5.41, 5.74) is 2.15. The maximum Gasteiger partial charge on any atom is 0.182 e. The van der Waals surface area contributed by atoms with Crippen molar-refractivity contribution in [3.8, 4) is 0 Å². The number of aryl methyl sites for hydroxylation is 1. The van der Waals surface area contributed by atoms with Crippen molar-refractivity contribution in [3.05, 3.63) is 44.9 Å². The lowest BCUT2D eigenvalue weighted by atomic mass is 10.3. The molecule has 1 N–H and O–H groups in total. The summed E-state index contributed by atoms with van der Waals surface area (Å²) in [4.78, 5) is 4.57. The minimum atomic E-state index is 0.497. The summed E-state index contributed by atoms with van der Waals surface area (Å²) in [6.07, 6.45) is 1.74. The van der Waals surface area contributed by atoms with E-state index in [1.807, 2.05) is 22.9 Å². The van der Waals surface area contributed by atoms with Crippen LogP contribution in [0.2, 0.25) is 5.15 Å². The summed E-state index contributed by atoms with van der Waals surface area (Å²) in [5.74, 6) is 0. The van der Waals surface area contributed by atoms with Gasteiger partial charge in [-0.25, -0.2) is 4.98 Å². The number of thiazole rings is 1. The highest BCUT2D eigenvalue weighted by molar-refractivity contribution is 7.07. The lowest BCUT2D eigenvalue weighted by Crippen LogP contribution is -2.15. The molecule has 0 amide bonds. The second-order valence-electron chi connectivity index (χ2n) is 3.26. The standard InChI is InChI=1S/C10H10ClN3S/c1-7-6-15-10(12)14(7)5-8-2-3-9(11)13-4-8/h2-4,6,12H,5H2,1H3. The van der Waals surface area contributed by atoms with E-state index in [0.29, 0.717) is 16.5 Å². The molecule has 0 aliphatic carbocycles. The second-order valence-corrected chi connectivity index (χ2v) is 4.50. The Morgan fingerprint density at radius 2 is 2.33 bits per heavy atom. The third-order valence-electron chi connectivity index (χ3n) is 2.14. The number of hydrogen-bond donors (Lipinski definition) is 1. The van der Waals surface area contributed by atoms with E-state index in [2.05, 4.69) is 4.98 Å². The maximum atomic E-state index is 7.72. The van der Waals surface area contributed by atoms with Gasteiger partial charge in [0.25, 0.3) is 0 Å². The Kier molecular flexibility index (Phi) is 2.88. The Morgan fingerprint density at radius 3 is 2.87 bits per heavy atom. The molecule has 3 nitrogen and oxygen atoms in total. The fourth-order valence-electron chi connectivity index (χ4n) is 1.31. The molecule has 2 aromatic heterocycles. The molecule has 0 bridgehead atoms. The van der Waals surface area contributed by atoms with Crippen LogP contribution in [-0.4, -0.2) is 9.55 Å². The molecule has 78 valence electrons. The first-order chi connectivity index (χ1) is 7.16. The lowest BCUT2D eigenvalue weighted by Gasteiger charge is -2.04. The number of nitrogens with zero attached hydrogens (tertiary/aromatic N) is 2. The third kappa shape index (κ3) is 2.27. The first-order valence-electron chi connectivity index (χ1n) is 4.47. The smallest absolute Gasteiger partial charge is 0.182 e. The van der Waals surface area contributed by atoms with Crippen molar-refractivity contribution < 1.29 is 0 Å². The van der Waals surface area contributed by atoms with Gasteiger partial charge in [0, 0.05) is 17.3 Å². The monoisotopic (exact) mass is 239 g/mol. The van der Waals surface area contributed by atoms with Crippen LogP contribution in [-0.2, 0) is 6.54 Å². The van der Waals surface area contributed by atoms with Crippen molar-refractivity contribution in [2.45, 2.75) is 13.5 Å². The molecule has 0 atom stereocenters. The summed E-state index contributed by atoms with van der Waals surface area (Å²) < 4.78 is 1.94. The second kappa shape index (κ2) is 4.16. The predicted octanol–water partition coefficient (Wildman–Crippen LogP) is 2.43. The van der Waals surface area contributed by atoms with Crippen molar-refractivity contribution in [2.24, 2.45) is 0 Å². The first kappa shape index (κ1) is 10.4. The van der Waals surface area contributed by atoms with Crippen LogP contribution in [0.15, 0.2) is 23.7 Å². The fraction of sp³-hybridized carbons (Fsp3) is 0.200. The Balaban J connectivity index is 2.29.